The van der Waals surface area contributed by atoms with Crippen LogP contribution in [0.2, 0.25) is 0 Å². The van der Waals surface area contributed by atoms with Crippen LogP contribution in [0, 0.1) is 11.8 Å². The first-order valence-electron chi connectivity index (χ1n) is 9.11. The molecule has 3 rings (SSSR count). The molecule has 1 saturated carbocycles. The van der Waals surface area contributed by atoms with E-state index in [0.29, 0.717) is 18.8 Å². The number of carbonyl (C=O) groups is 1. The fourth-order valence-electron chi connectivity index (χ4n) is 3.60. The minimum absolute atomic E-state index is 0.305. The molecular weight excluding hydrogens is 322 g/mol. The number of methoxy groups -OCH3 is 1. The molecule has 2 atom stereocenters. The summed E-state index contributed by atoms with van der Waals surface area (Å²) in [6, 6.07) is 18.7. The van der Waals surface area contributed by atoms with Gasteiger partial charge in [0.25, 0.3) is 0 Å². The van der Waals surface area contributed by atoms with Crippen molar-refractivity contribution in [3.05, 3.63) is 71.3 Å². The van der Waals surface area contributed by atoms with E-state index in [1.165, 1.54) is 18.2 Å². The van der Waals surface area contributed by atoms with Gasteiger partial charge >= 0.3 is 5.97 Å². The lowest BCUT2D eigenvalue weighted by Crippen LogP contribution is -2.46. The molecule has 26 heavy (non-hydrogen) atoms. The van der Waals surface area contributed by atoms with Gasteiger partial charge in [-0.25, -0.2) is 0 Å². The van der Waals surface area contributed by atoms with Gasteiger partial charge in [0.2, 0.25) is 0 Å². The van der Waals surface area contributed by atoms with Gasteiger partial charge < -0.3 is 10.5 Å². The molecule has 0 spiro atoms. The van der Waals surface area contributed by atoms with E-state index in [9.17, 15) is 4.79 Å². The largest absolute Gasteiger partial charge is 0.468 e. The van der Waals surface area contributed by atoms with Crippen molar-refractivity contribution in [2.45, 2.75) is 43.6 Å². The Hall–Kier alpha value is -2.57. The lowest BCUT2D eigenvalue weighted by atomic mass is 9.92. The van der Waals surface area contributed by atoms with Gasteiger partial charge in [0.15, 0.2) is 0 Å². The van der Waals surface area contributed by atoms with Crippen molar-refractivity contribution in [1.82, 2.24) is 0 Å². The van der Waals surface area contributed by atoms with Gasteiger partial charge in [0, 0.05) is 12.0 Å². The number of rotatable bonds is 4. The molecule has 0 radical (unpaired) electrons. The molecule has 2 aromatic rings. The van der Waals surface area contributed by atoms with Crippen LogP contribution >= 0.6 is 0 Å². The quantitative estimate of drug-likeness (QED) is 0.676. The van der Waals surface area contributed by atoms with E-state index in [0.717, 1.165) is 24.8 Å². The highest BCUT2D eigenvalue weighted by atomic mass is 16.5. The van der Waals surface area contributed by atoms with E-state index in [1.54, 1.807) is 0 Å². The second-order valence-electron chi connectivity index (χ2n) is 7.00. The normalized spacial score (nSPS) is 21.7. The number of benzene rings is 2. The first kappa shape index (κ1) is 18.2. The molecule has 1 fully saturated rings. The van der Waals surface area contributed by atoms with E-state index >= 15 is 0 Å². The summed E-state index contributed by atoms with van der Waals surface area (Å²) >= 11 is 0. The third-order valence-electron chi connectivity index (χ3n) is 5.14. The third-order valence-corrected chi connectivity index (χ3v) is 5.14. The van der Waals surface area contributed by atoms with Gasteiger partial charge in [-0.2, -0.15) is 0 Å². The average Bonchev–Trinajstić information content (AvgIpc) is 3.09. The summed E-state index contributed by atoms with van der Waals surface area (Å²) in [6.45, 7) is 0. The predicted octanol–water partition coefficient (Wildman–Crippen LogP) is 3.81. The summed E-state index contributed by atoms with van der Waals surface area (Å²) in [6.07, 6.45) is 4.05. The van der Waals surface area contributed by atoms with Crippen molar-refractivity contribution in [3.63, 3.8) is 0 Å². The number of nitrogens with two attached hydrogens (primary N) is 1. The van der Waals surface area contributed by atoms with Crippen LogP contribution in [0.25, 0.3) is 0 Å². The lowest BCUT2D eigenvalue weighted by Gasteiger charge is -2.20. The average molecular weight is 347 g/mol. The molecule has 134 valence electrons. The SMILES string of the molecule is COC(=O)[C@@]1(N)CC[C@H](c2ccc(C#CCCc3ccccc3)cc2)C1. The topological polar surface area (TPSA) is 52.3 Å². The third kappa shape index (κ3) is 4.33. The molecule has 0 aliphatic heterocycles. The van der Waals surface area contributed by atoms with E-state index in [2.05, 4.69) is 60.4 Å². The highest BCUT2D eigenvalue weighted by molar-refractivity contribution is 5.81. The molecule has 3 nitrogen and oxygen atoms in total. The van der Waals surface area contributed by atoms with Crippen molar-refractivity contribution in [1.29, 1.82) is 0 Å². The molecule has 0 unspecified atom stereocenters. The van der Waals surface area contributed by atoms with Gasteiger partial charge in [-0.15, -0.1) is 0 Å². The van der Waals surface area contributed by atoms with Crippen LogP contribution in [0.4, 0.5) is 0 Å². The Morgan fingerprint density at radius 2 is 1.92 bits per heavy atom. The number of hydrogen-bond donors (Lipinski definition) is 1. The van der Waals surface area contributed by atoms with Crippen LogP contribution in [-0.4, -0.2) is 18.6 Å². The monoisotopic (exact) mass is 347 g/mol. The van der Waals surface area contributed by atoms with Crippen LogP contribution in [0.15, 0.2) is 54.6 Å². The van der Waals surface area contributed by atoms with E-state index < -0.39 is 5.54 Å². The van der Waals surface area contributed by atoms with Crippen molar-refractivity contribution in [2.24, 2.45) is 5.73 Å². The van der Waals surface area contributed by atoms with Gasteiger partial charge in [-0.1, -0.05) is 54.3 Å². The molecular formula is C23H25NO2. The fourth-order valence-corrected chi connectivity index (χ4v) is 3.60. The molecule has 0 saturated heterocycles. The number of carbonyl (C=O) groups excluding carboxylic acids is 1. The Morgan fingerprint density at radius 3 is 2.62 bits per heavy atom. The minimum Gasteiger partial charge on any atom is -0.468 e. The lowest BCUT2D eigenvalue weighted by molar-refractivity contribution is -0.146. The summed E-state index contributed by atoms with van der Waals surface area (Å²) in [7, 11) is 1.40. The van der Waals surface area contributed by atoms with Gasteiger partial charge in [-0.3, -0.25) is 4.79 Å². The van der Waals surface area contributed by atoms with Gasteiger partial charge in [-0.05, 0) is 54.9 Å². The number of hydrogen-bond acceptors (Lipinski definition) is 3. The summed E-state index contributed by atoms with van der Waals surface area (Å²) < 4.78 is 4.85. The molecule has 1 aliphatic carbocycles. The maximum Gasteiger partial charge on any atom is 0.325 e. The maximum atomic E-state index is 11.9. The summed E-state index contributed by atoms with van der Waals surface area (Å²) in [5.41, 5.74) is 8.92. The van der Waals surface area contributed by atoms with E-state index in [4.69, 9.17) is 10.5 Å². The molecule has 0 amide bonds. The summed E-state index contributed by atoms with van der Waals surface area (Å²) in [5, 5.41) is 0. The second-order valence-corrected chi connectivity index (χ2v) is 7.00. The first-order chi connectivity index (χ1) is 12.6. The predicted molar refractivity (Wildman–Crippen MR) is 104 cm³/mol. The second kappa shape index (κ2) is 8.21. The van der Waals surface area contributed by atoms with E-state index in [1.807, 2.05) is 6.07 Å². The Labute approximate surface area is 155 Å². The molecule has 2 N–H and O–H groups in total. The van der Waals surface area contributed by atoms with Crippen LogP contribution in [0.5, 0.6) is 0 Å². The molecule has 1 aliphatic rings. The minimum atomic E-state index is -0.838. The molecule has 3 heteroatoms. The smallest absolute Gasteiger partial charge is 0.325 e. The standard InChI is InChI=1S/C23H25NO2/c1-26-22(25)23(24)16-15-21(17-23)20-13-11-19(12-14-20)10-6-5-9-18-7-3-2-4-8-18/h2-4,7-8,11-14,21H,5,9,15-17,24H2,1H3/t21-,23+/m0/s1. The summed E-state index contributed by atoms with van der Waals surface area (Å²) in [5.74, 6) is 6.47. The Morgan fingerprint density at radius 1 is 1.19 bits per heavy atom. The van der Waals surface area contributed by atoms with Crippen molar-refractivity contribution in [3.8, 4) is 11.8 Å². The molecule has 0 aromatic heterocycles. The van der Waals surface area contributed by atoms with Crippen LogP contribution in [0.3, 0.4) is 0 Å². The molecule has 0 bridgehead atoms. The Bertz CT molecular complexity index is 802. The zero-order valence-electron chi connectivity index (χ0n) is 15.2. The van der Waals surface area contributed by atoms with E-state index in [-0.39, 0.29) is 5.97 Å². The summed E-state index contributed by atoms with van der Waals surface area (Å²) in [4.78, 5) is 11.9. The van der Waals surface area contributed by atoms with Crippen molar-refractivity contribution in [2.75, 3.05) is 7.11 Å². The van der Waals surface area contributed by atoms with Crippen LogP contribution in [-0.2, 0) is 16.0 Å². The van der Waals surface area contributed by atoms with Gasteiger partial charge in [0.1, 0.15) is 5.54 Å². The zero-order valence-corrected chi connectivity index (χ0v) is 15.2. The number of aryl methyl sites for hydroxylation is 1. The molecule has 2 aromatic carbocycles. The highest BCUT2D eigenvalue weighted by Crippen LogP contribution is 2.40. The van der Waals surface area contributed by atoms with Crippen LogP contribution in [0.1, 0.15) is 48.3 Å². The number of ether oxygens (including phenoxy) is 1. The Kier molecular flexibility index (Phi) is 5.75. The zero-order chi connectivity index (χ0) is 18.4. The van der Waals surface area contributed by atoms with Crippen LogP contribution < -0.4 is 5.73 Å². The Balaban J connectivity index is 1.56. The number of esters is 1. The van der Waals surface area contributed by atoms with Crippen molar-refractivity contribution < 1.29 is 9.53 Å². The maximum absolute atomic E-state index is 11.9. The van der Waals surface area contributed by atoms with Crippen molar-refractivity contribution >= 4 is 5.97 Å². The fraction of sp³-hybridized carbons (Fsp3) is 0.348. The molecule has 0 heterocycles. The highest BCUT2D eigenvalue weighted by Gasteiger charge is 2.43. The van der Waals surface area contributed by atoms with Gasteiger partial charge in [0.05, 0.1) is 7.11 Å². The first-order valence-corrected chi connectivity index (χ1v) is 9.11.